The minimum Gasteiger partial charge on any atom is -0.356 e. The number of aromatic nitrogens is 1. The van der Waals surface area contributed by atoms with Gasteiger partial charge in [0.25, 0.3) is 0 Å². The molecule has 21 heavy (non-hydrogen) atoms. The molecule has 0 unspecified atom stereocenters. The third-order valence-corrected chi connectivity index (χ3v) is 3.68. The molecule has 114 valence electrons. The molecule has 1 aromatic heterocycles. The number of amides is 3. The second-order valence-electron chi connectivity index (χ2n) is 5.34. The molecule has 0 aromatic carbocycles. The van der Waals surface area contributed by atoms with E-state index >= 15 is 0 Å². The van der Waals surface area contributed by atoms with Crippen molar-refractivity contribution >= 4 is 17.6 Å². The van der Waals surface area contributed by atoms with Gasteiger partial charge >= 0.3 is 6.03 Å². The lowest BCUT2D eigenvalue weighted by Crippen LogP contribution is -2.36. The molecule has 6 nitrogen and oxygen atoms in total. The van der Waals surface area contributed by atoms with Gasteiger partial charge in [0.1, 0.15) is 0 Å². The number of carbonyl (C=O) groups is 2. The summed E-state index contributed by atoms with van der Waals surface area (Å²) in [6.45, 7) is 3.02. The number of urea groups is 1. The van der Waals surface area contributed by atoms with Gasteiger partial charge in [-0.3, -0.25) is 9.78 Å². The van der Waals surface area contributed by atoms with Crippen LogP contribution in [0.3, 0.4) is 0 Å². The Morgan fingerprint density at radius 3 is 2.71 bits per heavy atom. The summed E-state index contributed by atoms with van der Waals surface area (Å²) in [5, 5.41) is 8.43. The Balaban J connectivity index is 1.57. The van der Waals surface area contributed by atoms with Crippen LogP contribution in [0.1, 0.15) is 31.2 Å². The Hall–Kier alpha value is -2.11. The maximum absolute atomic E-state index is 11.7. The topological polar surface area (TPSA) is 83.1 Å². The van der Waals surface area contributed by atoms with E-state index in [1.807, 2.05) is 6.92 Å². The highest BCUT2D eigenvalue weighted by Gasteiger charge is 2.24. The molecule has 0 atom stereocenters. The van der Waals surface area contributed by atoms with Crippen molar-refractivity contribution in [2.75, 3.05) is 18.4 Å². The van der Waals surface area contributed by atoms with Crippen molar-refractivity contribution in [2.45, 2.75) is 32.6 Å². The lowest BCUT2D eigenvalue weighted by atomic mass is 9.85. The van der Waals surface area contributed by atoms with Crippen molar-refractivity contribution in [3.05, 3.63) is 24.0 Å². The van der Waals surface area contributed by atoms with Crippen LogP contribution in [-0.4, -0.2) is 30.0 Å². The molecule has 6 heteroatoms. The smallest absolute Gasteiger partial charge is 0.319 e. The van der Waals surface area contributed by atoms with Gasteiger partial charge in [-0.1, -0.05) is 6.42 Å². The molecule has 2 rings (SSSR count). The van der Waals surface area contributed by atoms with Crippen molar-refractivity contribution in [3.63, 3.8) is 0 Å². The van der Waals surface area contributed by atoms with Gasteiger partial charge in [-0.25, -0.2) is 4.79 Å². The van der Waals surface area contributed by atoms with E-state index < -0.39 is 0 Å². The first-order valence-electron chi connectivity index (χ1n) is 7.40. The summed E-state index contributed by atoms with van der Waals surface area (Å²) in [7, 11) is 0. The van der Waals surface area contributed by atoms with E-state index in [0.717, 1.165) is 36.9 Å². The number of pyridine rings is 1. The highest BCUT2D eigenvalue weighted by Crippen LogP contribution is 2.25. The number of anilines is 1. The third-order valence-electron chi connectivity index (χ3n) is 3.68. The fourth-order valence-electron chi connectivity index (χ4n) is 2.10. The Bertz CT molecular complexity index is 500. The number of hydrogen-bond acceptors (Lipinski definition) is 3. The van der Waals surface area contributed by atoms with Crippen LogP contribution in [-0.2, 0) is 4.79 Å². The summed E-state index contributed by atoms with van der Waals surface area (Å²) in [4.78, 5) is 27.2. The van der Waals surface area contributed by atoms with E-state index in [4.69, 9.17) is 0 Å². The summed E-state index contributed by atoms with van der Waals surface area (Å²) < 4.78 is 0. The molecule has 1 aromatic rings. The minimum atomic E-state index is -0.241. The van der Waals surface area contributed by atoms with Crippen LogP contribution in [0.15, 0.2) is 18.5 Å². The van der Waals surface area contributed by atoms with Crippen molar-refractivity contribution in [1.29, 1.82) is 0 Å². The number of rotatable bonds is 6. The predicted octanol–water partition coefficient (Wildman–Crippen LogP) is 1.82. The second-order valence-corrected chi connectivity index (χ2v) is 5.34. The quantitative estimate of drug-likeness (QED) is 0.699. The number of nitrogens with zero attached hydrogens (tertiary/aromatic N) is 1. The van der Waals surface area contributed by atoms with Gasteiger partial charge in [-0.15, -0.1) is 0 Å². The summed E-state index contributed by atoms with van der Waals surface area (Å²) in [5.41, 5.74) is 1.67. The van der Waals surface area contributed by atoms with Crippen molar-refractivity contribution in [2.24, 2.45) is 5.92 Å². The van der Waals surface area contributed by atoms with E-state index in [-0.39, 0.29) is 17.9 Å². The third kappa shape index (κ3) is 4.73. The van der Waals surface area contributed by atoms with Crippen LogP contribution in [0.4, 0.5) is 10.5 Å². The average molecular weight is 290 g/mol. The standard InChI is InChI=1S/C15H22N4O2/c1-11-10-16-9-6-13(11)19-15(21)18-8-3-7-17-14(20)12-4-2-5-12/h6,9-10,12H,2-5,7-8H2,1H3,(H,17,20)(H2,16,18,19,21). The first-order chi connectivity index (χ1) is 10.2. The molecule has 1 aliphatic rings. The number of aryl methyl sites for hydroxylation is 1. The lowest BCUT2D eigenvalue weighted by molar-refractivity contribution is -0.127. The zero-order valence-corrected chi connectivity index (χ0v) is 12.3. The highest BCUT2D eigenvalue weighted by atomic mass is 16.2. The van der Waals surface area contributed by atoms with Crippen LogP contribution in [0, 0.1) is 12.8 Å². The number of carbonyl (C=O) groups excluding carboxylic acids is 2. The monoisotopic (exact) mass is 290 g/mol. The van der Waals surface area contributed by atoms with Crippen LogP contribution in [0.25, 0.3) is 0 Å². The molecule has 3 N–H and O–H groups in total. The van der Waals surface area contributed by atoms with E-state index in [0.29, 0.717) is 13.1 Å². The maximum Gasteiger partial charge on any atom is 0.319 e. The summed E-state index contributed by atoms with van der Waals surface area (Å²) in [5.74, 6) is 0.369. The summed E-state index contributed by atoms with van der Waals surface area (Å²) >= 11 is 0. The fourth-order valence-corrected chi connectivity index (χ4v) is 2.10. The first-order valence-corrected chi connectivity index (χ1v) is 7.40. The molecule has 0 saturated heterocycles. The van der Waals surface area contributed by atoms with E-state index in [1.54, 1.807) is 18.5 Å². The molecule has 1 aliphatic carbocycles. The van der Waals surface area contributed by atoms with E-state index in [2.05, 4.69) is 20.9 Å². The zero-order chi connectivity index (χ0) is 15.1. The molecule has 1 fully saturated rings. The van der Waals surface area contributed by atoms with Crippen LogP contribution in [0.2, 0.25) is 0 Å². The Morgan fingerprint density at radius 2 is 2.05 bits per heavy atom. The van der Waals surface area contributed by atoms with Gasteiger partial charge in [-0.05, 0) is 37.8 Å². The molecule has 0 aliphatic heterocycles. The van der Waals surface area contributed by atoms with Gasteiger partial charge in [-0.2, -0.15) is 0 Å². The normalized spacial score (nSPS) is 14.1. The summed E-state index contributed by atoms with van der Waals surface area (Å²) in [6, 6.07) is 1.52. The largest absolute Gasteiger partial charge is 0.356 e. The molecule has 0 spiro atoms. The minimum absolute atomic E-state index is 0.151. The van der Waals surface area contributed by atoms with E-state index in [1.165, 1.54) is 0 Å². The molecule has 0 bridgehead atoms. The van der Waals surface area contributed by atoms with Crippen LogP contribution >= 0.6 is 0 Å². The SMILES string of the molecule is Cc1cnccc1NC(=O)NCCCNC(=O)C1CCC1. The maximum atomic E-state index is 11.7. The van der Waals surface area contributed by atoms with Crippen molar-refractivity contribution < 1.29 is 9.59 Å². The van der Waals surface area contributed by atoms with Crippen LogP contribution in [0.5, 0.6) is 0 Å². The van der Waals surface area contributed by atoms with Crippen molar-refractivity contribution in [3.8, 4) is 0 Å². The van der Waals surface area contributed by atoms with E-state index in [9.17, 15) is 9.59 Å². The van der Waals surface area contributed by atoms with Gasteiger partial charge in [0.2, 0.25) is 5.91 Å². The fraction of sp³-hybridized carbons (Fsp3) is 0.533. The molecule has 0 radical (unpaired) electrons. The molecule has 3 amide bonds. The molecular formula is C15H22N4O2. The predicted molar refractivity (Wildman–Crippen MR) is 81.0 cm³/mol. The second kappa shape index (κ2) is 7.61. The van der Waals surface area contributed by atoms with Crippen LogP contribution < -0.4 is 16.0 Å². The Morgan fingerprint density at radius 1 is 1.29 bits per heavy atom. The molecule has 1 heterocycles. The Labute approximate surface area is 124 Å². The van der Waals surface area contributed by atoms with Gasteiger partial charge in [0, 0.05) is 37.1 Å². The molecular weight excluding hydrogens is 268 g/mol. The number of nitrogens with one attached hydrogen (secondary N) is 3. The first kappa shape index (κ1) is 15.3. The molecule has 1 saturated carbocycles. The lowest BCUT2D eigenvalue weighted by Gasteiger charge is -2.24. The highest BCUT2D eigenvalue weighted by molar-refractivity contribution is 5.89. The summed E-state index contributed by atoms with van der Waals surface area (Å²) in [6.07, 6.45) is 7.25. The van der Waals surface area contributed by atoms with Gasteiger partial charge < -0.3 is 16.0 Å². The average Bonchev–Trinajstić information content (AvgIpc) is 2.39. The van der Waals surface area contributed by atoms with Crippen molar-refractivity contribution in [1.82, 2.24) is 15.6 Å². The van der Waals surface area contributed by atoms with Gasteiger partial charge in [0.15, 0.2) is 0 Å². The zero-order valence-electron chi connectivity index (χ0n) is 12.3. The Kier molecular flexibility index (Phi) is 5.54. The number of hydrogen-bond donors (Lipinski definition) is 3. The van der Waals surface area contributed by atoms with Gasteiger partial charge in [0.05, 0.1) is 0 Å².